The van der Waals surface area contributed by atoms with Gasteiger partial charge in [-0.05, 0) is 30.3 Å². The number of anilines is 2. The van der Waals surface area contributed by atoms with E-state index in [4.69, 9.17) is 11.6 Å². The zero-order valence-electron chi connectivity index (χ0n) is 14.5. The number of halogens is 1. The number of benzene rings is 3. The van der Waals surface area contributed by atoms with Crippen LogP contribution in [0.25, 0.3) is 0 Å². The van der Waals surface area contributed by atoms with E-state index in [1.165, 1.54) is 0 Å². The molecule has 0 spiro atoms. The van der Waals surface area contributed by atoms with E-state index >= 15 is 0 Å². The number of nitro benzene ring substituents is 1. The summed E-state index contributed by atoms with van der Waals surface area (Å²) in [5.41, 5.74) is 2.94. The monoisotopic (exact) mass is 379 g/mol. The standard InChI is InChI=1S/C21H18ClN3O2/c22-19-12-11-16(15-20(19)25(26)27)21-23(17-7-3-1-4-8-17)13-14-24(21)18-9-5-2-6-10-18/h1-12,15,21H,13-14H2. The van der Waals surface area contributed by atoms with Gasteiger partial charge in [0.1, 0.15) is 11.2 Å². The third-order valence-electron chi connectivity index (χ3n) is 4.81. The molecule has 4 rings (SSSR count). The first kappa shape index (κ1) is 17.4. The topological polar surface area (TPSA) is 49.6 Å². The van der Waals surface area contributed by atoms with Gasteiger partial charge in [0.25, 0.3) is 5.69 Å². The van der Waals surface area contributed by atoms with E-state index in [-0.39, 0.29) is 16.9 Å². The molecule has 1 heterocycles. The highest BCUT2D eigenvalue weighted by molar-refractivity contribution is 6.32. The molecule has 3 aromatic carbocycles. The average molecular weight is 380 g/mol. The van der Waals surface area contributed by atoms with Gasteiger partial charge < -0.3 is 9.80 Å². The molecule has 27 heavy (non-hydrogen) atoms. The Morgan fingerprint density at radius 1 is 0.852 bits per heavy atom. The number of nitro groups is 1. The molecule has 3 aromatic rings. The Bertz CT molecular complexity index is 903. The van der Waals surface area contributed by atoms with Crippen LogP contribution in [0, 0.1) is 10.1 Å². The Labute approximate surface area is 162 Å². The summed E-state index contributed by atoms with van der Waals surface area (Å²) >= 11 is 6.04. The molecule has 5 nitrogen and oxygen atoms in total. The summed E-state index contributed by atoms with van der Waals surface area (Å²) < 4.78 is 0. The quantitative estimate of drug-likeness (QED) is 0.457. The first-order chi connectivity index (χ1) is 13.1. The van der Waals surface area contributed by atoms with Crippen molar-refractivity contribution in [3.63, 3.8) is 0 Å². The zero-order valence-corrected chi connectivity index (χ0v) is 15.3. The van der Waals surface area contributed by atoms with Gasteiger partial charge in [0, 0.05) is 36.1 Å². The molecule has 1 fully saturated rings. The summed E-state index contributed by atoms with van der Waals surface area (Å²) in [4.78, 5) is 15.5. The zero-order chi connectivity index (χ0) is 18.8. The Balaban J connectivity index is 1.82. The summed E-state index contributed by atoms with van der Waals surface area (Å²) in [6.45, 7) is 1.64. The predicted octanol–water partition coefficient (Wildman–Crippen LogP) is 5.27. The highest BCUT2D eigenvalue weighted by Gasteiger charge is 2.34. The fraction of sp³-hybridized carbons (Fsp3) is 0.143. The highest BCUT2D eigenvalue weighted by atomic mass is 35.5. The smallest absolute Gasteiger partial charge is 0.288 e. The van der Waals surface area contributed by atoms with Crippen molar-refractivity contribution < 1.29 is 4.92 Å². The minimum Gasteiger partial charge on any atom is -0.346 e. The van der Waals surface area contributed by atoms with Gasteiger partial charge in [-0.2, -0.15) is 0 Å². The lowest BCUT2D eigenvalue weighted by Gasteiger charge is -2.33. The van der Waals surface area contributed by atoms with Crippen molar-refractivity contribution in [2.45, 2.75) is 6.17 Å². The number of hydrogen-bond acceptors (Lipinski definition) is 4. The summed E-state index contributed by atoms with van der Waals surface area (Å²) in [6, 6.07) is 25.3. The fourth-order valence-electron chi connectivity index (χ4n) is 3.60. The summed E-state index contributed by atoms with van der Waals surface area (Å²) in [5, 5.41) is 11.5. The molecule has 0 aliphatic carbocycles. The third kappa shape index (κ3) is 3.34. The van der Waals surface area contributed by atoms with E-state index < -0.39 is 4.92 Å². The van der Waals surface area contributed by atoms with Crippen molar-refractivity contribution in [2.75, 3.05) is 22.9 Å². The van der Waals surface area contributed by atoms with Crippen LogP contribution in [0.2, 0.25) is 5.02 Å². The molecule has 0 bridgehead atoms. The summed E-state index contributed by atoms with van der Waals surface area (Å²) in [7, 11) is 0. The van der Waals surface area contributed by atoms with E-state index in [0.717, 1.165) is 30.0 Å². The summed E-state index contributed by atoms with van der Waals surface area (Å²) in [6.07, 6.45) is -0.147. The van der Waals surface area contributed by atoms with Gasteiger partial charge in [-0.3, -0.25) is 10.1 Å². The summed E-state index contributed by atoms with van der Waals surface area (Å²) in [5.74, 6) is 0. The lowest BCUT2D eigenvalue weighted by Crippen LogP contribution is -2.31. The van der Waals surface area contributed by atoms with Gasteiger partial charge in [0.2, 0.25) is 0 Å². The van der Waals surface area contributed by atoms with Crippen LogP contribution in [0.3, 0.4) is 0 Å². The molecule has 0 N–H and O–H groups in total. The molecule has 1 saturated heterocycles. The molecule has 0 atom stereocenters. The first-order valence-electron chi connectivity index (χ1n) is 8.72. The van der Waals surface area contributed by atoms with Crippen molar-refractivity contribution in [1.82, 2.24) is 0 Å². The van der Waals surface area contributed by atoms with Crippen LogP contribution in [-0.4, -0.2) is 18.0 Å². The molecule has 0 amide bonds. The number of rotatable bonds is 4. The number of hydrogen-bond donors (Lipinski definition) is 0. The van der Waals surface area contributed by atoms with Crippen LogP contribution >= 0.6 is 11.6 Å². The van der Waals surface area contributed by atoms with Crippen LogP contribution in [0.4, 0.5) is 17.1 Å². The molecule has 0 radical (unpaired) electrons. The Morgan fingerprint density at radius 2 is 1.37 bits per heavy atom. The third-order valence-corrected chi connectivity index (χ3v) is 5.13. The van der Waals surface area contributed by atoms with Crippen LogP contribution in [0.15, 0.2) is 78.9 Å². The maximum absolute atomic E-state index is 11.4. The van der Waals surface area contributed by atoms with Gasteiger partial charge in [-0.1, -0.05) is 54.1 Å². The van der Waals surface area contributed by atoms with E-state index in [0.29, 0.717) is 0 Å². The maximum Gasteiger partial charge on any atom is 0.288 e. The second-order valence-corrected chi connectivity index (χ2v) is 6.81. The predicted molar refractivity (Wildman–Crippen MR) is 108 cm³/mol. The highest BCUT2D eigenvalue weighted by Crippen LogP contribution is 2.39. The molecule has 0 aromatic heterocycles. The molecular weight excluding hydrogens is 362 g/mol. The minimum absolute atomic E-state index is 0.0675. The van der Waals surface area contributed by atoms with Crippen molar-refractivity contribution in [2.24, 2.45) is 0 Å². The maximum atomic E-state index is 11.4. The molecule has 1 aliphatic heterocycles. The SMILES string of the molecule is O=[N+]([O-])c1cc(C2N(c3ccccc3)CCN2c2ccccc2)ccc1Cl. The first-order valence-corrected chi connectivity index (χ1v) is 9.10. The van der Waals surface area contributed by atoms with E-state index in [2.05, 4.69) is 34.1 Å². The lowest BCUT2D eigenvalue weighted by molar-refractivity contribution is -0.384. The van der Waals surface area contributed by atoms with Crippen LogP contribution in [0.5, 0.6) is 0 Å². The number of nitrogens with zero attached hydrogens (tertiary/aromatic N) is 3. The molecule has 6 heteroatoms. The largest absolute Gasteiger partial charge is 0.346 e. The molecular formula is C21H18ClN3O2. The van der Waals surface area contributed by atoms with Crippen molar-refractivity contribution in [1.29, 1.82) is 0 Å². The van der Waals surface area contributed by atoms with Gasteiger partial charge in [-0.25, -0.2) is 0 Å². The van der Waals surface area contributed by atoms with Gasteiger partial charge in [-0.15, -0.1) is 0 Å². The minimum atomic E-state index is -0.430. The van der Waals surface area contributed by atoms with Crippen LogP contribution in [-0.2, 0) is 0 Å². The van der Waals surface area contributed by atoms with Gasteiger partial charge in [0.15, 0.2) is 0 Å². The van der Waals surface area contributed by atoms with Crippen LogP contribution in [0.1, 0.15) is 11.7 Å². The Hall–Kier alpha value is -3.05. The van der Waals surface area contributed by atoms with Gasteiger partial charge >= 0.3 is 0 Å². The lowest BCUT2D eigenvalue weighted by atomic mass is 10.1. The Morgan fingerprint density at radius 3 is 1.85 bits per heavy atom. The van der Waals surface area contributed by atoms with Crippen molar-refractivity contribution >= 4 is 28.7 Å². The van der Waals surface area contributed by atoms with E-state index in [9.17, 15) is 10.1 Å². The molecule has 1 aliphatic rings. The molecule has 0 unspecified atom stereocenters. The number of para-hydroxylation sites is 2. The Kier molecular flexibility index (Phi) is 4.69. The normalized spacial score (nSPS) is 14.6. The van der Waals surface area contributed by atoms with Crippen LogP contribution < -0.4 is 9.80 Å². The second-order valence-electron chi connectivity index (χ2n) is 6.40. The van der Waals surface area contributed by atoms with E-state index in [1.54, 1.807) is 12.1 Å². The fourth-order valence-corrected chi connectivity index (χ4v) is 3.78. The molecule has 136 valence electrons. The van der Waals surface area contributed by atoms with E-state index in [1.807, 2.05) is 42.5 Å². The van der Waals surface area contributed by atoms with Gasteiger partial charge in [0.05, 0.1) is 4.92 Å². The van der Waals surface area contributed by atoms with Crippen molar-refractivity contribution in [3.8, 4) is 0 Å². The second kappa shape index (κ2) is 7.29. The molecule has 0 saturated carbocycles. The average Bonchev–Trinajstić information content (AvgIpc) is 3.14. The van der Waals surface area contributed by atoms with Crippen molar-refractivity contribution in [3.05, 3.63) is 99.6 Å².